The first-order valence-electron chi connectivity index (χ1n) is 5.08. The molecule has 0 radical (unpaired) electrons. The third-order valence-electron chi connectivity index (χ3n) is 2.19. The average Bonchev–Trinajstić information content (AvgIpc) is 2.65. The number of amides is 1. The monoisotopic (exact) mass is 211 g/mol. The van der Waals surface area contributed by atoms with Gasteiger partial charge in [0.1, 0.15) is 5.69 Å². The summed E-state index contributed by atoms with van der Waals surface area (Å²) in [6, 6.07) is 1.70. The molecule has 0 unspecified atom stereocenters. The molecule has 0 aliphatic heterocycles. The Balaban J connectivity index is 2.64. The van der Waals surface area contributed by atoms with E-state index in [9.17, 15) is 4.79 Å². The van der Waals surface area contributed by atoms with E-state index in [0.717, 1.165) is 0 Å². The van der Waals surface area contributed by atoms with Crippen molar-refractivity contribution in [3.8, 4) is 0 Å². The number of rotatable bonds is 5. The number of aryl methyl sites for hydroxylation is 1. The van der Waals surface area contributed by atoms with Gasteiger partial charge in [0.05, 0.1) is 0 Å². The number of aliphatic hydroxyl groups is 1. The smallest absolute Gasteiger partial charge is 0.274 e. The van der Waals surface area contributed by atoms with Crippen LogP contribution in [-0.2, 0) is 7.05 Å². The molecule has 15 heavy (non-hydrogen) atoms. The second-order valence-electron chi connectivity index (χ2n) is 3.34. The molecule has 0 aliphatic carbocycles. The van der Waals surface area contributed by atoms with Gasteiger partial charge in [-0.05, 0) is 19.4 Å². The molecule has 1 heterocycles. The molecule has 5 nitrogen and oxygen atoms in total. The summed E-state index contributed by atoms with van der Waals surface area (Å²) in [5.74, 6) is -0.0773. The lowest BCUT2D eigenvalue weighted by molar-refractivity contribution is 0.0747. The van der Waals surface area contributed by atoms with Crippen LogP contribution in [0.2, 0.25) is 0 Å². The number of hydrogen-bond acceptors (Lipinski definition) is 3. The van der Waals surface area contributed by atoms with Crippen molar-refractivity contribution in [2.24, 2.45) is 7.05 Å². The normalized spacial score (nSPS) is 10.3. The highest BCUT2D eigenvalue weighted by atomic mass is 16.3. The number of carbonyl (C=O) groups is 1. The van der Waals surface area contributed by atoms with E-state index in [1.54, 1.807) is 28.9 Å². The van der Waals surface area contributed by atoms with Crippen LogP contribution in [0.25, 0.3) is 0 Å². The minimum Gasteiger partial charge on any atom is -0.396 e. The third kappa shape index (κ3) is 3.06. The molecule has 1 N–H and O–H groups in total. The molecular weight excluding hydrogens is 194 g/mol. The van der Waals surface area contributed by atoms with Gasteiger partial charge in [-0.1, -0.05) is 0 Å². The van der Waals surface area contributed by atoms with Crippen LogP contribution in [0.15, 0.2) is 12.3 Å². The van der Waals surface area contributed by atoms with Crippen molar-refractivity contribution < 1.29 is 9.90 Å². The maximum atomic E-state index is 11.9. The molecule has 0 atom stereocenters. The summed E-state index contributed by atoms with van der Waals surface area (Å²) in [6.45, 7) is 3.22. The summed E-state index contributed by atoms with van der Waals surface area (Å²) in [6.07, 6.45) is 2.35. The molecule has 0 aromatic carbocycles. The van der Waals surface area contributed by atoms with Crippen molar-refractivity contribution in [2.75, 3.05) is 19.7 Å². The average molecular weight is 211 g/mol. The van der Waals surface area contributed by atoms with Gasteiger partial charge in [-0.25, -0.2) is 0 Å². The lowest BCUT2D eigenvalue weighted by Gasteiger charge is -2.18. The number of aliphatic hydroxyl groups excluding tert-OH is 1. The molecule has 0 aliphatic rings. The highest BCUT2D eigenvalue weighted by molar-refractivity contribution is 5.92. The minimum absolute atomic E-state index is 0.0773. The minimum atomic E-state index is -0.0773. The van der Waals surface area contributed by atoms with Gasteiger partial charge in [0, 0.05) is 32.9 Å². The lowest BCUT2D eigenvalue weighted by atomic mass is 10.3. The Morgan fingerprint density at radius 2 is 2.40 bits per heavy atom. The van der Waals surface area contributed by atoms with E-state index in [1.807, 2.05) is 6.92 Å². The molecule has 0 saturated heterocycles. The van der Waals surface area contributed by atoms with Gasteiger partial charge >= 0.3 is 0 Å². The Bertz CT molecular complexity index is 322. The maximum Gasteiger partial charge on any atom is 0.274 e. The third-order valence-corrected chi connectivity index (χ3v) is 2.19. The zero-order valence-electron chi connectivity index (χ0n) is 9.18. The molecule has 0 bridgehead atoms. The van der Waals surface area contributed by atoms with Crippen molar-refractivity contribution in [1.29, 1.82) is 0 Å². The van der Waals surface area contributed by atoms with Crippen LogP contribution < -0.4 is 0 Å². The molecule has 1 aromatic heterocycles. The van der Waals surface area contributed by atoms with Gasteiger partial charge in [0.2, 0.25) is 0 Å². The van der Waals surface area contributed by atoms with E-state index in [1.165, 1.54) is 0 Å². The summed E-state index contributed by atoms with van der Waals surface area (Å²) in [4.78, 5) is 13.5. The standard InChI is InChI=1S/C10H17N3O2/c1-3-13(6-4-8-14)10(15)9-5-7-12(2)11-9/h5,7,14H,3-4,6,8H2,1-2H3. The largest absolute Gasteiger partial charge is 0.396 e. The fourth-order valence-electron chi connectivity index (χ4n) is 1.36. The number of nitrogens with zero attached hydrogens (tertiary/aromatic N) is 3. The molecule has 0 saturated carbocycles. The predicted octanol–water partition coefficient (Wildman–Crippen LogP) is 0.265. The predicted molar refractivity (Wildman–Crippen MR) is 56.5 cm³/mol. The molecular formula is C10H17N3O2. The van der Waals surface area contributed by atoms with Crippen LogP contribution in [0.4, 0.5) is 0 Å². The number of carbonyl (C=O) groups excluding carboxylic acids is 1. The second-order valence-corrected chi connectivity index (χ2v) is 3.34. The maximum absolute atomic E-state index is 11.9. The van der Waals surface area contributed by atoms with Crippen LogP contribution in [0, 0.1) is 0 Å². The molecule has 5 heteroatoms. The van der Waals surface area contributed by atoms with Crippen molar-refractivity contribution in [2.45, 2.75) is 13.3 Å². The highest BCUT2D eigenvalue weighted by Crippen LogP contribution is 2.02. The van der Waals surface area contributed by atoms with Gasteiger partial charge < -0.3 is 10.0 Å². The Labute approximate surface area is 89.3 Å². The Hall–Kier alpha value is -1.36. The highest BCUT2D eigenvalue weighted by Gasteiger charge is 2.15. The molecule has 1 rings (SSSR count). The fourth-order valence-corrected chi connectivity index (χ4v) is 1.36. The van der Waals surface area contributed by atoms with E-state index in [-0.39, 0.29) is 12.5 Å². The first-order valence-corrected chi connectivity index (χ1v) is 5.08. The van der Waals surface area contributed by atoms with E-state index in [4.69, 9.17) is 5.11 Å². The number of hydrogen-bond donors (Lipinski definition) is 1. The number of aromatic nitrogens is 2. The van der Waals surface area contributed by atoms with E-state index in [2.05, 4.69) is 5.10 Å². The molecule has 1 aromatic rings. The first-order chi connectivity index (χ1) is 7.19. The van der Waals surface area contributed by atoms with Crippen LogP contribution in [-0.4, -0.2) is 45.4 Å². The van der Waals surface area contributed by atoms with Crippen molar-refractivity contribution in [3.63, 3.8) is 0 Å². The Morgan fingerprint density at radius 3 is 2.87 bits per heavy atom. The molecule has 84 valence electrons. The zero-order chi connectivity index (χ0) is 11.3. The van der Waals surface area contributed by atoms with Crippen molar-refractivity contribution in [3.05, 3.63) is 18.0 Å². The topological polar surface area (TPSA) is 58.4 Å². The van der Waals surface area contributed by atoms with E-state index >= 15 is 0 Å². The van der Waals surface area contributed by atoms with Gasteiger partial charge in [-0.2, -0.15) is 5.10 Å². The summed E-state index contributed by atoms with van der Waals surface area (Å²) in [7, 11) is 1.78. The summed E-state index contributed by atoms with van der Waals surface area (Å²) >= 11 is 0. The van der Waals surface area contributed by atoms with Crippen molar-refractivity contribution >= 4 is 5.91 Å². The SMILES string of the molecule is CCN(CCCO)C(=O)c1ccn(C)n1. The molecule has 1 amide bonds. The quantitative estimate of drug-likeness (QED) is 0.760. The van der Waals surface area contributed by atoms with Crippen LogP contribution in [0.1, 0.15) is 23.8 Å². The van der Waals surface area contributed by atoms with Gasteiger partial charge in [-0.15, -0.1) is 0 Å². The first kappa shape index (κ1) is 11.7. The molecule has 0 fully saturated rings. The van der Waals surface area contributed by atoms with Crippen LogP contribution in [0.5, 0.6) is 0 Å². The second kappa shape index (κ2) is 5.50. The zero-order valence-corrected chi connectivity index (χ0v) is 9.18. The van der Waals surface area contributed by atoms with Crippen molar-refractivity contribution in [1.82, 2.24) is 14.7 Å². The van der Waals surface area contributed by atoms with Crippen LogP contribution in [0.3, 0.4) is 0 Å². The summed E-state index contributed by atoms with van der Waals surface area (Å²) < 4.78 is 1.60. The lowest BCUT2D eigenvalue weighted by Crippen LogP contribution is -2.32. The van der Waals surface area contributed by atoms with E-state index < -0.39 is 0 Å². The fraction of sp³-hybridized carbons (Fsp3) is 0.600. The summed E-state index contributed by atoms with van der Waals surface area (Å²) in [5.41, 5.74) is 0.456. The molecule has 0 spiro atoms. The Kier molecular flexibility index (Phi) is 4.30. The van der Waals surface area contributed by atoms with E-state index in [0.29, 0.717) is 25.2 Å². The Morgan fingerprint density at radius 1 is 1.67 bits per heavy atom. The van der Waals surface area contributed by atoms with Gasteiger partial charge in [0.15, 0.2) is 0 Å². The van der Waals surface area contributed by atoms with Gasteiger partial charge in [0.25, 0.3) is 5.91 Å². The van der Waals surface area contributed by atoms with Crippen LogP contribution >= 0.6 is 0 Å². The summed E-state index contributed by atoms with van der Waals surface area (Å²) in [5, 5.41) is 12.8. The van der Waals surface area contributed by atoms with Gasteiger partial charge in [-0.3, -0.25) is 9.48 Å².